The molecule has 0 radical (unpaired) electrons. The van der Waals surface area contributed by atoms with Gasteiger partial charge in [0.1, 0.15) is 0 Å². The van der Waals surface area contributed by atoms with Crippen LogP contribution < -0.4 is 9.80 Å². The number of hydrogen-bond acceptors (Lipinski definition) is 4. The standard InChI is InChI=1S/2C39H81N.H2O4S/c2*1-5-7-9-11-13-15-17-19-21-23-25-27-29-31-33-35-37-39(40(3)4)38-36-34-32-30-28-26-24-22-20-18-16-14-12-10-8-6-2;1-5(2,3)4/h2*39H,5-38H2,1-4H3;(H2,1,2,3,4). The van der Waals surface area contributed by atoms with Crippen molar-refractivity contribution in [1.82, 2.24) is 0 Å². The Hall–Kier alpha value is -0.210. The second-order valence-corrected chi connectivity index (χ2v) is 29.1. The quantitative estimate of drug-likeness (QED) is 0.0361. The van der Waals surface area contributed by atoms with Gasteiger partial charge in [-0.3, -0.25) is 8.42 Å². The molecule has 0 atom stereocenters. The van der Waals surface area contributed by atoms with E-state index in [1.807, 2.05) is 0 Å². The smallest absolute Gasteiger partial charge is 0.0870 e. The van der Waals surface area contributed by atoms with Crippen molar-refractivity contribution in [2.45, 2.75) is 476 Å². The molecule has 0 spiro atoms. The molecule has 0 saturated heterocycles. The molecule has 0 saturated carbocycles. The molecular formula is C78H164N2O4S. The molecule has 0 heterocycles. The van der Waals surface area contributed by atoms with Crippen molar-refractivity contribution in [3.05, 3.63) is 0 Å². The summed E-state index contributed by atoms with van der Waals surface area (Å²) in [6, 6.07) is 1.80. The van der Waals surface area contributed by atoms with Crippen LogP contribution in [0.5, 0.6) is 0 Å². The molecule has 2 N–H and O–H groups in total. The summed E-state index contributed by atoms with van der Waals surface area (Å²) >= 11 is 0. The molecule has 0 aromatic rings. The van der Waals surface area contributed by atoms with E-state index in [9.17, 15) is 0 Å². The molecule has 0 bridgehead atoms. The lowest BCUT2D eigenvalue weighted by Crippen LogP contribution is -3.10. The average molecular weight is 1230 g/mol. The van der Waals surface area contributed by atoms with E-state index in [1.165, 1.54) is 437 Å². The molecule has 0 unspecified atom stereocenters. The van der Waals surface area contributed by atoms with Gasteiger partial charge in [-0.05, 0) is 51.4 Å². The van der Waals surface area contributed by atoms with Crippen molar-refractivity contribution in [3.63, 3.8) is 0 Å². The largest absolute Gasteiger partial charge is 0.759 e. The summed E-state index contributed by atoms with van der Waals surface area (Å²) in [5.74, 6) is 0. The van der Waals surface area contributed by atoms with Gasteiger partial charge in [0.2, 0.25) is 0 Å². The number of rotatable bonds is 70. The van der Waals surface area contributed by atoms with Crippen LogP contribution in [0.25, 0.3) is 0 Å². The Kier molecular flexibility index (Phi) is 81.7. The minimum atomic E-state index is -5.17. The lowest BCUT2D eigenvalue weighted by molar-refractivity contribution is -0.886. The van der Waals surface area contributed by atoms with E-state index in [0.717, 1.165) is 12.1 Å². The molecule has 0 rings (SSSR count). The van der Waals surface area contributed by atoms with Gasteiger partial charge in [-0.25, -0.2) is 0 Å². The van der Waals surface area contributed by atoms with E-state index >= 15 is 0 Å². The van der Waals surface area contributed by atoms with Crippen molar-refractivity contribution in [2.24, 2.45) is 0 Å². The first-order valence-corrected chi connectivity index (χ1v) is 41.0. The third-order valence-corrected chi connectivity index (χ3v) is 19.3. The van der Waals surface area contributed by atoms with E-state index < -0.39 is 10.4 Å². The fraction of sp³-hybridized carbons (Fsp3) is 1.00. The van der Waals surface area contributed by atoms with Crippen LogP contribution in [0.1, 0.15) is 464 Å². The number of quaternary nitrogens is 2. The van der Waals surface area contributed by atoms with Crippen LogP contribution in [0, 0.1) is 0 Å². The molecule has 85 heavy (non-hydrogen) atoms. The zero-order valence-corrected chi connectivity index (χ0v) is 61.1. The fourth-order valence-electron chi connectivity index (χ4n) is 13.2. The second-order valence-electron chi connectivity index (χ2n) is 28.3. The molecule has 0 aliphatic rings. The summed E-state index contributed by atoms with van der Waals surface area (Å²) in [5, 5.41) is 0. The maximum atomic E-state index is 8.52. The summed E-state index contributed by atoms with van der Waals surface area (Å²) in [5.41, 5.74) is 0. The predicted molar refractivity (Wildman–Crippen MR) is 380 cm³/mol. The summed E-state index contributed by atoms with van der Waals surface area (Å²) < 4.78 is 34.1. The molecule has 0 aromatic carbocycles. The molecule has 0 aromatic heterocycles. The zero-order valence-electron chi connectivity index (χ0n) is 60.3. The molecule has 0 aliphatic carbocycles. The van der Waals surface area contributed by atoms with Gasteiger partial charge in [-0.1, -0.05) is 413 Å². The Morgan fingerprint density at radius 1 is 0.200 bits per heavy atom. The molecule has 6 nitrogen and oxygen atoms in total. The summed E-state index contributed by atoms with van der Waals surface area (Å²) in [6.07, 6.45) is 100.0. The minimum absolute atomic E-state index is 0.901. The van der Waals surface area contributed by atoms with Gasteiger partial charge in [0.15, 0.2) is 0 Å². The average Bonchev–Trinajstić information content (AvgIpc) is 3.50. The van der Waals surface area contributed by atoms with Crippen molar-refractivity contribution in [2.75, 3.05) is 28.2 Å². The van der Waals surface area contributed by atoms with Crippen molar-refractivity contribution in [3.8, 4) is 0 Å². The lowest BCUT2D eigenvalue weighted by atomic mass is 9.99. The van der Waals surface area contributed by atoms with Crippen LogP contribution in [0.2, 0.25) is 0 Å². The second kappa shape index (κ2) is 78.0. The van der Waals surface area contributed by atoms with Gasteiger partial charge < -0.3 is 18.9 Å². The highest BCUT2D eigenvalue weighted by Gasteiger charge is 2.15. The predicted octanol–water partition coefficient (Wildman–Crippen LogP) is 24.3. The highest BCUT2D eigenvalue weighted by molar-refractivity contribution is 7.79. The van der Waals surface area contributed by atoms with Crippen molar-refractivity contribution in [1.29, 1.82) is 0 Å². The third-order valence-electron chi connectivity index (χ3n) is 19.3. The molecule has 0 amide bonds. The highest BCUT2D eigenvalue weighted by Crippen LogP contribution is 2.20. The first kappa shape index (κ1) is 89.0. The normalized spacial score (nSPS) is 11.8. The SMILES string of the molecule is CCCCCCCCCCCCCCCCCCC(CCCCCCCCCCCCCCCCCC)[NH+](C)C.CCCCCCCCCCCCCCCCCCC(CCCCCCCCCCCCCCCCCC)[NH+](C)C.O=S(=O)([O-])[O-]. The van der Waals surface area contributed by atoms with Gasteiger partial charge in [-0.15, -0.1) is 0 Å². The summed E-state index contributed by atoms with van der Waals surface area (Å²) in [6.45, 7) is 9.24. The van der Waals surface area contributed by atoms with Gasteiger partial charge in [0.25, 0.3) is 0 Å². The molecule has 0 aliphatic heterocycles. The van der Waals surface area contributed by atoms with Crippen LogP contribution in [0.3, 0.4) is 0 Å². The topological polar surface area (TPSA) is 89.1 Å². The van der Waals surface area contributed by atoms with E-state index in [1.54, 1.807) is 9.80 Å². The van der Waals surface area contributed by atoms with Crippen LogP contribution in [-0.4, -0.2) is 57.8 Å². The highest BCUT2D eigenvalue weighted by atomic mass is 32.3. The van der Waals surface area contributed by atoms with Crippen LogP contribution >= 0.6 is 0 Å². The number of nitrogens with one attached hydrogen (secondary N) is 2. The molecule has 516 valence electrons. The van der Waals surface area contributed by atoms with E-state index in [4.69, 9.17) is 17.5 Å². The Morgan fingerprint density at radius 3 is 0.365 bits per heavy atom. The molecular weight excluding hydrogens is 1060 g/mol. The van der Waals surface area contributed by atoms with E-state index in [0.29, 0.717) is 0 Å². The Labute approximate surface area is 539 Å². The van der Waals surface area contributed by atoms with Gasteiger partial charge in [0, 0.05) is 10.4 Å². The first-order chi connectivity index (χ1) is 41.4. The van der Waals surface area contributed by atoms with Gasteiger partial charge in [-0.2, -0.15) is 0 Å². The lowest BCUT2D eigenvalue weighted by Gasteiger charge is -2.21. The first-order valence-electron chi connectivity index (χ1n) is 39.7. The fourth-order valence-corrected chi connectivity index (χ4v) is 13.2. The maximum Gasteiger partial charge on any atom is 0.0870 e. The summed E-state index contributed by atoms with van der Waals surface area (Å²) in [7, 11) is 4.40. The Morgan fingerprint density at radius 2 is 0.282 bits per heavy atom. The maximum absolute atomic E-state index is 8.52. The Balaban J connectivity index is -0.00000146. The van der Waals surface area contributed by atoms with Gasteiger partial charge in [0.05, 0.1) is 40.3 Å². The van der Waals surface area contributed by atoms with Crippen molar-refractivity contribution >= 4 is 10.4 Å². The Bertz CT molecular complexity index is 1100. The minimum Gasteiger partial charge on any atom is -0.759 e. The monoisotopic (exact) mass is 1230 g/mol. The van der Waals surface area contributed by atoms with Crippen LogP contribution in [0.4, 0.5) is 0 Å². The number of hydrogen-bond donors (Lipinski definition) is 2. The molecule has 7 heteroatoms. The van der Waals surface area contributed by atoms with Crippen LogP contribution in [-0.2, 0) is 10.4 Å². The van der Waals surface area contributed by atoms with Gasteiger partial charge >= 0.3 is 0 Å². The zero-order chi connectivity index (χ0) is 62.9. The summed E-state index contributed by atoms with van der Waals surface area (Å²) in [4.78, 5) is 3.39. The molecule has 0 fully saturated rings. The third kappa shape index (κ3) is 88.0. The number of unbranched alkanes of at least 4 members (excludes halogenated alkanes) is 60. The van der Waals surface area contributed by atoms with Crippen LogP contribution in [0.15, 0.2) is 0 Å². The van der Waals surface area contributed by atoms with E-state index in [2.05, 4.69) is 55.9 Å². The van der Waals surface area contributed by atoms with Crippen molar-refractivity contribution < 1.29 is 27.3 Å². The van der Waals surface area contributed by atoms with E-state index in [-0.39, 0.29) is 0 Å².